The molecular formula is C18H27N3O2S. The van der Waals surface area contributed by atoms with E-state index in [0.717, 1.165) is 19.3 Å². The van der Waals surface area contributed by atoms with E-state index in [1.54, 1.807) is 17.9 Å². The van der Waals surface area contributed by atoms with Crippen LogP contribution in [0.1, 0.15) is 51.8 Å². The van der Waals surface area contributed by atoms with Crippen LogP contribution >= 0.6 is 0 Å². The van der Waals surface area contributed by atoms with E-state index in [0.29, 0.717) is 11.4 Å². The maximum absolute atomic E-state index is 12.8. The summed E-state index contributed by atoms with van der Waals surface area (Å²) in [5.74, 6) is 0. The molecule has 0 unspecified atom stereocenters. The summed E-state index contributed by atoms with van der Waals surface area (Å²) in [5, 5.41) is 4.34. The van der Waals surface area contributed by atoms with Gasteiger partial charge in [-0.2, -0.15) is 5.10 Å². The van der Waals surface area contributed by atoms with E-state index in [4.69, 9.17) is 0 Å². The van der Waals surface area contributed by atoms with Gasteiger partial charge < -0.3 is 0 Å². The van der Waals surface area contributed by atoms with Gasteiger partial charge in [-0.3, -0.25) is 9.40 Å². The van der Waals surface area contributed by atoms with Crippen LogP contribution in [0.15, 0.2) is 35.4 Å². The highest BCUT2D eigenvalue weighted by atomic mass is 32.2. The Labute approximate surface area is 145 Å². The van der Waals surface area contributed by atoms with Crippen molar-refractivity contribution in [3.63, 3.8) is 0 Å². The fourth-order valence-corrected chi connectivity index (χ4v) is 3.96. The van der Waals surface area contributed by atoms with Crippen LogP contribution in [0.3, 0.4) is 0 Å². The minimum absolute atomic E-state index is 0.229. The summed E-state index contributed by atoms with van der Waals surface area (Å²) in [6.45, 7) is 8.02. The summed E-state index contributed by atoms with van der Waals surface area (Å²) in [7, 11) is -1.94. The zero-order valence-corrected chi connectivity index (χ0v) is 15.9. The molecule has 132 valence electrons. The van der Waals surface area contributed by atoms with Crippen LogP contribution in [-0.2, 0) is 28.9 Å². The molecule has 0 saturated heterocycles. The first-order valence-electron chi connectivity index (χ1n) is 8.29. The monoisotopic (exact) mass is 349 g/mol. The Morgan fingerprint density at radius 2 is 1.79 bits per heavy atom. The zero-order chi connectivity index (χ0) is 18.0. The number of aromatic nitrogens is 2. The number of unbranched alkanes of at least 4 members (excludes halogenated alkanes) is 1. The summed E-state index contributed by atoms with van der Waals surface area (Å²) >= 11 is 0. The molecule has 1 N–H and O–H groups in total. The van der Waals surface area contributed by atoms with Crippen LogP contribution in [-0.4, -0.2) is 18.2 Å². The van der Waals surface area contributed by atoms with E-state index in [9.17, 15) is 8.42 Å². The number of rotatable bonds is 6. The zero-order valence-electron chi connectivity index (χ0n) is 15.1. The van der Waals surface area contributed by atoms with E-state index in [1.165, 1.54) is 5.56 Å². The van der Waals surface area contributed by atoms with Gasteiger partial charge in [0.15, 0.2) is 0 Å². The third-order valence-corrected chi connectivity index (χ3v) is 5.20. The molecule has 0 amide bonds. The van der Waals surface area contributed by atoms with Gasteiger partial charge in [0.1, 0.15) is 4.90 Å². The summed E-state index contributed by atoms with van der Waals surface area (Å²) in [6.07, 6.45) is 4.85. The molecule has 2 rings (SSSR count). The van der Waals surface area contributed by atoms with Crippen molar-refractivity contribution in [3.05, 3.63) is 41.7 Å². The van der Waals surface area contributed by atoms with Crippen LogP contribution in [0.5, 0.6) is 0 Å². The molecule has 1 heterocycles. The number of anilines is 1. The molecule has 2 aromatic rings. The van der Waals surface area contributed by atoms with Crippen LogP contribution in [0.2, 0.25) is 0 Å². The maximum Gasteiger partial charge on any atom is 0.265 e. The molecule has 1 aromatic carbocycles. The van der Waals surface area contributed by atoms with Crippen molar-refractivity contribution >= 4 is 15.7 Å². The van der Waals surface area contributed by atoms with Gasteiger partial charge in [-0.1, -0.05) is 46.2 Å². The lowest BCUT2D eigenvalue weighted by molar-refractivity contribution is 0.539. The van der Waals surface area contributed by atoms with Gasteiger partial charge in [-0.05, 0) is 30.5 Å². The van der Waals surface area contributed by atoms with E-state index >= 15 is 0 Å². The molecule has 0 aliphatic heterocycles. The first-order chi connectivity index (χ1) is 11.1. The van der Waals surface area contributed by atoms with E-state index in [2.05, 4.69) is 16.7 Å². The second-order valence-electron chi connectivity index (χ2n) is 7.17. The lowest BCUT2D eigenvalue weighted by Crippen LogP contribution is -2.20. The summed E-state index contributed by atoms with van der Waals surface area (Å²) < 4.78 is 29.8. The molecule has 1 aromatic heterocycles. The van der Waals surface area contributed by atoms with Crippen LogP contribution < -0.4 is 4.72 Å². The van der Waals surface area contributed by atoms with Gasteiger partial charge in [-0.15, -0.1) is 0 Å². The van der Waals surface area contributed by atoms with Crippen molar-refractivity contribution in [1.82, 2.24) is 9.78 Å². The number of benzene rings is 1. The highest BCUT2D eigenvalue weighted by Gasteiger charge is 2.29. The van der Waals surface area contributed by atoms with E-state index in [1.807, 2.05) is 45.0 Å². The third-order valence-electron chi connectivity index (χ3n) is 3.82. The van der Waals surface area contributed by atoms with Gasteiger partial charge in [0, 0.05) is 24.3 Å². The van der Waals surface area contributed by atoms with Gasteiger partial charge in [0.25, 0.3) is 10.0 Å². The first kappa shape index (κ1) is 18.5. The Morgan fingerprint density at radius 3 is 2.33 bits per heavy atom. The number of aryl methyl sites for hydroxylation is 2. The second kappa shape index (κ2) is 6.97. The Balaban J connectivity index is 2.26. The molecule has 0 aliphatic rings. The minimum Gasteiger partial charge on any atom is -0.280 e. The molecule has 5 nitrogen and oxygen atoms in total. The number of sulfonamides is 1. The largest absolute Gasteiger partial charge is 0.280 e. The van der Waals surface area contributed by atoms with Gasteiger partial charge in [0.2, 0.25) is 0 Å². The van der Waals surface area contributed by atoms with Crippen LogP contribution in [0, 0.1) is 0 Å². The number of nitrogens with one attached hydrogen (secondary N) is 1. The average Bonchev–Trinajstić information content (AvgIpc) is 2.89. The molecule has 0 spiro atoms. The number of hydrogen-bond acceptors (Lipinski definition) is 3. The van der Waals surface area contributed by atoms with Gasteiger partial charge in [0.05, 0.1) is 5.69 Å². The van der Waals surface area contributed by atoms with Gasteiger partial charge in [-0.25, -0.2) is 8.42 Å². The smallest absolute Gasteiger partial charge is 0.265 e. The fraction of sp³-hybridized carbons (Fsp3) is 0.500. The van der Waals surface area contributed by atoms with Crippen molar-refractivity contribution in [2.45, 2.75) is 57.3 Å². The first-order valence-corrected chi connectivity index (χ1v) is 9.77. The minimum atomic E-state index is -3.67. The maximum atomic E-state index is 12.8. The molecule has 0 atom stereocenters. The van der Waals surface area contributed by atoms with Crippen molar-refractivity contribution in [2.24, 2.45) is 7.05 Å². The lowest BCUT2D eigenvalue weighted by Gasteiger charge is -2.17. The standard InChI is InChI=1S/C18H27N3O2S/c1-6-7-8-14-9-11-15(12-10-14)20-24(22,23)16-13-21(5)19-17(16)18(2,3)4/h9-13,20H,6-8H2,1-5H3. The lowest BCUT2D eigenvalue weighted by atomic mass is 9.92. The predicted molar refractivity (Wildman–Crippen MR) is 97.8 cm³/mol. The quantitative estimate of drug-likeness (QED) is 0.861. The highest BCUT2D eigenvalue weighted by Crippen LogP contribution is 2.28. The Hall–Kier alpha value is -1.82. The Bertz CT molecular complexity index is 785. The van der Waals surface area contributed by atoms with Gasteiger partial charge >= 0.3 is 0 Å². The van der Waals surface area contributed by atoms with Crippen molar-refractivity contribution in [2.75, 3.05) is 4.72 Å². The topological polar surface area (TPSA) is 64.0 Å². The average molecular weight is 350 g/mol. The van der Waals surface area contributed by atoms with Crippen LogP contribution in [0.4, 0.5) is 5.69 Å². The Morgan fingerprint density at radius 1 is 1.17 bits per heavy atom. The fourth-order valence-electron chi connectivity index (χ4n) is 2.51. The molecule has 6 heteroatoms. The molecule has 24 heavy (non-hydrogen) atoms. The summed E-state index contributed by atoms with van der Waals surface area (Å²) in [4.78, 5) is 0.229. The highest BCUT2D eigenvalue weighted by molar-refractivity contribution is 7.92. The number of nitrogens with zero attached hydrogens (tertiary/aromatic N) is 2. The van der Waals surface area contributed by atoms with Crippen molar-refractivity contribution in [3.8, 4) is 0 Å². The molecule has 0 fully saturated rings. The second-order valence-corrected chi connectivity index (χ2v) is 8.82. The van der Waals surface area contributed by atoms with E-state index < -0.39 is 10.0 Å². The third kappa shape index (κ3) is 4.38. The molecule has 0 saturated carbocycles. The predicted octanol–water partition coefficient (Wildman–Crippen LogP) is 3.86. The summed E-state index contributed by atoms with van der Waals surface area (Å²) in [6, 6.07) is 7.58. The van der Waals surface area contributed by atoms with Crippen molar-refractivity contribution < 1.29 is 8.42 Å². The Kier molecular flexibility index (Phi) is 5.38. The molecule has 0 bridgehead atoms. The number of hydrogen-bond donors (Lipinski definition) is 1. The molecule has 0 aliphatic carbocycles. The van der Waals surface area contributed by atoms with E-state index in [-0.39, 0.29) is 10.3 Å². The normalized spacial score (nSPS) is 12.4. The van der Waals surface area contributed by atoms with Crippen LogP contribution in [0.25, 0.3) is 0 Å². The summed E-state index contributed by atoms with van der Waals surface area (Å²) in [5.41, 5.74) is 2.00. The van der Waals surface area contributed by atoms with Crippen molar-refractivity contribution in [1.29, 1.82) is 0 Å². The molecular weight excluding hydrogens is 322 g/mol. The molecule has 0 radical (unpaired) electrons. The SMILES string of the molecule is CCCCc1ccc(NS(=O)(=O)c2cn(C)nc2C(C)(C)C)cc1.